The molecule has 0 saturated carbocycles. The van der Waals surface area contributed by atoms with Crippen molar-refractivity contribution in [3.8, 4) is 0 Å². The quantitative estimate of drug-likeness (QED) is 0.778. The van der Waals surface area contributed by atoms with Crippen molar-refractivity contribution in [2.45, 2.75) is 26.9 Å². The van der Waals surface area contributed by atoms with Crippen LogP contribution in [-0.4, -0.2) is 37.0 Å². The van der Waals surface area contributed by atoms with E-state index in [9.17, 15) is 0 Å². The third-order valence-electron chi connectivity index (χ3n) is 3.42. The molecule has 0 saturated heterocycles. The second-order valence-electron chi connectivity index (χ2n) is 5.55. The molecule has 0 aliphatic rings. The molecular weight excluding hydrogens is 268 g/mol. The molecule has 0 atom stereocenters. The zero-order valence-corrected chi connectivity index (χ0v) is 13.7. The van der Waals surface area contributed by atoms with Crippen LogP contribution in [0.15, 0.2) is 28.0 Å². The summed E-state index contributed by atoms with van der Waals surface area (Å²) in [6.07, 6.45) is 0. The van der Waals surface area contributed by atoms with E-state index in [2.05, 4.69) is 54.4 Å². The van der Waals surface area contributed by atoms with Crippen LogP contribution in [0.4, 0.5) is 0 Å². The van der Waals surface area contributed by atoms with Crippen LogP contribution in [0.25, 0.3) is 0 Å². The summed E-state index contributed by atoms with van der Waals surface area (Å²) in [5.41, 5.74) is 1.24. The summed E-state index contributed by atoms with van der Waals surface area (Å²) in [7, 11) is 4.23. The van der Waals surface area contributed by atoms with E-state index in [1.54, 1.807) is 0 Å². The summed E-state index contributed by atoms with van der Waals surface area (Å²) >= 11 is 1.82. The molecule has 110 valence electrons. The maximum Gasteiger partial charge on any atom is 0.118 e. The molecule has 0 unspecified atom stereocenters. The van der Waals surface area contributed by atoms with Crippen LogP contribution < -0.4 is 0 Å². The molecule has 0 fully saturated rings. The van der Waals surface area contributed by atoms with E-state index in [1.165, 1.54) is 10.4 Å². The lowest BCUT2D eigenvalue weighted by molar-refractivity contribution is 0.211. The van der Waals surface area contributed by atoms with Crippen molar-refractivity contribution >= 4 is 11.3 Å². The van der Waals surface area contributed by atoms with Gasteiger partial charge in [0.2, 0.25) is 0 Å². The Morgan fingerprint density at radius 3 is 2.50 bits per heavy atom. The van der Waals surface area contributed by atoms with Crippen LogP contribution in [0.3, 0.4) is 0 Å². The number of hydrogen-bond donors (Lipinski definition) is 0. The van der Waals surface area contributed by atoms with Crippen molar-refractivity contribution in [1.29, 1.82) is 0 Å². The Balaban J connectivity index is 2.01. The lowest BCUT2D eigenvalue weighted by atomic mass is 10.2. The van der Waals surface area contributed by atoms with E-state index < -0.39 is 0 Å². The smallest absolute Gasteiger partial charge is 0.118 e. The summed E-state index contributed by atoms with van der Waals surface area (Å²) in [4.78, 5) is 6.08. The van der Waals surface area contributed by atoms with E-state index in [1.807, 2.05) is 18.3 Å². The van der Waals surface area contributed by atoms with Crippen LogP contribution in [0.1, 0.15) is 22.0 Å². The van der Waals surface area contributed by atoms with Gasteiger partial charge in [0.1, 0.15) is 11.5 Å². The third kappa shape index (κ3) is 4.47. The number of furan rings is 1. The fourth-order valence-electron chi connectivity index (χ4n) is 2.13. The van der Waals surface area contributed by atoms with Gasteiger partial charge in [-0.15, -0.1) is 11.3 Å². The maximum atomic E-state index is 5.82. The average molecular weight is 292 g/mol. The molecule has 2 aromatic heterocycles. The standard InChI is InChI=1S/C16H24N2OS/c1-13-10-15(19-14(13)2)11-18(8-7-17(3)4)12-16-6-5-9-20-16/h5-6,9-10H,7-8,11-12H2,1-4H3. The first-order valence-electron chi connectivity index (χ1n) is 7.00. The van der Waals surface area contributed by atoms with Crippen LogP contribution in [0.5, 0.6) is 0 Å². The molecule has 0 aliphatic carbocycles. The SMILES string of the molecule is Cc1cc(CN(CCN(C)C)Cc2cccs2)oc1C. The van der Waals surface area contributed by atoms with Gasteiger partial charge in [0.15, 0.2) is 0 Å². The summed E-state index contributed by atoms with van der Waals surface area (Å²) in [5, 5.41) is 2.14. The van der Waals surface area contributed by atoms with Gasteiger partial charge < -0.3 is 9.32 Å². The Bertz CT molecular complexity index is 497. The van der Waals surface area contributed by atoms with Gasteiger partial charge in [-0.3, -0.25) is 4.90 Å². The van der Waals surface area contributed by atoms with Gasteiger partial charge in [0, 0.05) is 24.5 Å². The fraction of sp³-hybridized carbons (Fsp3) is 0.500. The highest BCUT2D eigenvalue weighted by molar-refractivity contribution is 7.09. The first-order chi connectivity index (χ1) is 9.54. The second-order valence-corrected chi connectivity index (χ2v) is 6.58. The minimum absolute atomic E-state index is 0.875. The molecule has 0 spiro atoms. The van der Waals surface area contributed by atoms with Gasteiger partial charge in [-0.1, -0.05) is 6.07 Å². The molecule has 2 aromatic rings. The Labute approximate surface area is 125 Å². The highest BCUT2D eigenvalue weighted by atomic mass is 32.1. The van der Waals surface area contributed by atoms with Gasteiger partial charge in [0.25, 0.3) is 0 Å². The van der Waals surface area contributed by atoms with Crippen LogP contribution >= 0.6 is 11.3 Å². The Morgan fingerprint density at radius 2 is 1.95 bits per heavy atom. The molecule has 2 heterocycles. The molecular formula is C16H24N2OS. The van der Waals surface area contributed by atoms with Gasteiger partial charge in [-0.25, -0.2) is 0 Å². The topological polar surface area (TPSA) is 19.6 Å². The molecule has 0 aromatic carbocycles. The van der Waals surface area contributed by atoms with E-state index in [0.717, 1.165) is 37.7 Å². The number of rotatable bonds is 7. The van der Waals surface area contributed by atoms with E-state index in [0.29, 0.717) is 0 Å². The van der Waals surface area contributed by atoms with Gasteiger partial charge in [0.05, 0.1) is 6.54 Å². The third-order valence-corrected chi connectivity index (χ3v) is 4.28. The molecule has 0 bridgehead atoms. The summed E-state index contributed by atoms with van der Waals surface area (Å²) in [6.45, 7) is 8.10. The predicted octanol–water partition coefficient (Wildman–Crippen LogP) is 3.52. The highest BCUT2D eigenvalue weighted by Gasteiger charge is 2.12. The number of nitrogens with zero attached hydrogens (tertiary/aromatic N) is 2. The average Bonchev–Trinajstić information content (AvgIpc) is 2.98. The summed E-state index contributed by atoms with van der Waals surface area (Å²) in [6, 6.07) is 6.48. The van der Waals surface area contributed by atoms with Crippen molar-refractivity contribution in [2.75, 3.05) is 27.2 Å². The summed E-state index contributed by atoms with van der Waals surface area (Å²) < 4.78 is 5.82. The molecule has 3 nitrogen and oxygen atoms in total. The number of thiophene rings is 1. The summed E-state index contributed by atoms with van der Waals surface area (Å²) in [5.74, 6) is 2.10. The molecule has 2 rings (SSSR count). The number of aryl methyl sites for hydroxylation is 2. The lowest BCUT2D eigenvalue weighted by Gasteiger charge is -2.22. The normalized spacial score (nSPS) is 11.7. The van der Waals surface area contributed by atoms with Crippen LogP contribution in [0, 0.1) is 13.8 Å². The number of hydrogen-bond acceptors (Lipinski definition) is 4. The van der Waals surface area contributed by atoms with Gasteiger partial charge in [-0.2, -0.15) is 0 Å². The first kappa shape index (κ1) is 15.3. The van der Waals surface area contributed by atoms with Crippen molar-refractivity contribution in [3.05, 3.63) is 45.5 Å². The molecule has 0 aliphatic heterocycles. The molecule has 0 amide bonds. The van der Waals surface area contributed by atoms with Crippen LogP contribution in [0.2, 0.25) is 0 Å². The lowest BCUT2D eigenvalue weighted by Crippen LogP contribution is -2.30. The zero-order valence-electron chi connectivity index (χ0n) is 12.8. The number of likely N-dealkylation sites (N-methyl/N-ethyl adjacent to an activating group) is 1. The first-order valence-corrected chi connectivity index (χ1v) is 7.88. The second kappa shape index (κ2) is 7.07. The van der Waals surface area contributed by atoms with E-state index >= 15 is 0 Å². The van der Waals surface area contributed by atoms with Crippen molar-refractivity contribution in [2.24, 2.45) is 0 Å². The minimum atomic E-state index is 0.875. The molecule has 4 heteroatoms. The maximum absolute atomic E-state index is 5.82. The van der Waals surface area contributed by atoms with Crippen molar-refractivity contribution in [3.63, 3.8) is 0 Å². The highest BCUT2D eigenvalue weighted by Crippen LogP contribution is 2.18. The molecule has 20 heavy (non-hydrogen) atoms. The predicted molar refractivity (Wildman–Crippen MR) is 85.2 cm³/mol. The van der Waals surface area contributed by atoms with Crippen molar-refractivity contribution < 1.29 is 4.42 Å². The Morgan fingerprint density at radius 1 is 1.15 bits per heavy atom. The van der Waals surface area contributed by atoms with Gasteiger partial charge in [-0.05, 0) is 51.0 Å². The zero-order chi connectivity index (χ0) is 14.5. The van der Waals surface area contributed by atoms with E-state index in [4.69, 9.17) is 4.42 Å². The van der Waals surface area contributed by atoms with E-state index in [-0.39, 0.29) is 0 Å². The fourth-order valence-corrected chi connectivity index (χ4v) is 2.87. The monoisotopic (exact) mass is 292 g/mol. The van der Waals surface area contributed by atoms with Gasteiger partial charge >= 0.3 is 0 Å². The Hall–Kier alpha value is -1.10. The molecule has 0 N–H and O–H groups in total. The largest absolute Gasteiger partial charge is 0.465 e. The molecule has 0 radical (unpaired) electrons. The Kier molecular flexibility index (Phi) is 5.40. The minimum Gasteiger partial charge on any atom is -0.465 e. The van der Waals surface area contributed by atoms with Crippen LogP contribution in [-0.2, 0) is 13.1 Å². The van der Waals surface area contributed by atoms with Crippen molar-refractivity contribution in [1.82, 2.24) is 9.80 Å².